The van der Waals surface area contributed by atoms with Gasteiger partial charge in [-0.15, -0.1) is 0 Å². The smallest absolute Gasteiger partial charge is 0.205 e. The molecule has 0 aromatic rings. The summed E-state index contributed by atoms with van der Waals surface area (Å²) in [6.07, 6.45) is 0. The highest BCUT2D eigenvalue weighted by atomic mass is 32.2. The molecule has 0 spiro atoms. The van der Waals surface area contributed by atoms with Crippen LogP contribution in [0.5, 0.6) is 0 Å². The molecule has 0 bridgehead atoms. The first-order valence-electron chi connectivity index (χ1n) is 2.22. The molecule has 0 amide bonds. The first-order valence-corrected chi connectivity index (χ1v) is 4.27. The summed E-state index contributed by atoms with van der Waals surface area (Å²) >= 11 is -1.06. The topological polar surface area (TPSA) is 66.4 Å². The summed E-state index contributed by atoms with van der Waals surface area (Å²) in [6, 6.07) is 0. The fourth-order valence-electron chi connectivity index (χ4n) is 0.482. The van der Waals surface area contributed by atoms with Gasteiger partial charge in [0.1, 0.15) is 0 Å². The lowest BCUT2D eigenvalue weighted by Crippen LogP contribution is -2.23. The van der Waals surface area contributed by atoms with Crippen molar-refractivity contribution in [3.63, 3.8) is 0 Å². The third-order valence-corrected chi connectivity index (χ3v) is 2.94. The minimum atomic E-state index is -1.93. The van der Waals surface area contributed by atoms with Crippen LogP contribution in [0.25, 0.3) is 0 Å². The van der Waals surface area contributed by atoms with Crippen LogP contribution < -0.4 is 5.32 Å². The monoisotopic (exact) mass is 167 g/mol. The average molecular weight is 167 g/mol. The molecule has 0 aliphatic carbocycles. The summed E-state index contributed by atoms with van der Waals surface area (Å²) < 4.78 is 18.0. The molecule has 1 fully saturated rings. The first kappa shape index (κ1) is 7.20. The Hall–Kier alpha value is 0.0900. The van der Waals surface area contributed by atoms with Crippen molar-refractivity contribution >= 4 is 28.0 Å². The van der Waals surface area contributed by atoms with E-state index in [9.17, 15) is 9.00 Å². The van der Waals surface area contributed by atoms with Crippen LogP contribution in [-0.2, 0) is 15.9 Å². The molecule has 0 aromatic carbocycles. The van der Waals surface area contributed by atoms with Gasteiger partial charge in [0.15, 0.2) is 15.8 Å². The summed E-state index contributed by atoms with van der Waals surface area (Å²) in [5.74, 6) is 0. The van der Waals surface area contributed by atoms with E-state index in [4.69, 9.17) is 4.55 Å². The van der Waals surface area contributed by atoms with Gasteiger partial charge in [0.05, 0.1) is 6.54 Å². The van der Waals surface area contributed by atoms with E-state index >= 15 is 0 Å². The zero-order valence-electron chi connectivity index (χ0n) is 4.36. The van der Waals surface area contributed by atoms with Crippen LogP contribution >= 0.6 is 11.8 Å². The van der Waals surface area contributed by atoms with Crippen molar-refractivity contribution in [1.29, 1.82) is 0 Å². The fraction of sp³-hybridized carbons (Fsp3) is 0.667. The summed E-state index contributed by atoms with van der Waals surface area (Å²) in [7, 11) is 0. The number of hydrogen-bond donors (Lipinski definition) is 2. The summed E-state index contributed by atoms with van der Waals surface area (Å²) in [4.78, 5) is 10.4. The Labute approximate surface area is 58.7 Å². The van der Waals surface area contributed by atoms with E-state index in [2.05, 4.69) is 5.32 Å². The number of nitrogens with one attached hydrogen (secondary N) is 1. The molecule has 0 aromatic heterocycles. The van der Waals surface area contributed by atoms with Crippen molar-refractivity contribution in [1.82, 2.24) is 5.32 Å². The highest BCUT2D eigenvalue weighted by Crippen LogP contribution is 2.16. The van der Waals surface area contributed by atoms with Crippen LogP contribution in [0, 0.1) is 0 Å². The zero-order chi connectivity index (χ0) is 6.85. The lowest BCUT2D eigenvalue weighted by molar-refractivity contribution is -0.109. The second-order valence-electron chi connectivity index (χ2n) is 1.48. The SMILES string of the molecule is O=C1CNC(S(=O)O)S1. The van der Waals surface area contributed by atoms with Gasteiger partial charge in [0.2, 0.25) is 5.12 Å². The Bertz CT molecular complexity index is 159. The summed E-state index contributed by atoms with van der Waals surface area (Å²) in [5.41, 5.74) is 0. The molecule has 2 N–H and O–H groups in total. The van der Waals surface area contributed by atoms with Crippen LogP contribution in [0.15, 0.2) is 0 Å². The second kappa shape index (κ2) is 2.78. The molecule has 52 valence electrons. The first-order chi connectivity index (χ1) is 4.20. The van der Waals surface area contributed by atoms with E-state index in [0.717, 1.165) is 11.8 Å². The Morgan fingerprint density at radius 1 is 1.89 bits per heavy atom. The van der Waals surface area contributed by atoms with Gasteiger partial charge in [-0.1, -0.05) is 11.8 Å². The third-order valence-electron chi connectivity index (χ3n) is 0.835. The van der Waals surface area contributed by atoms with Crippen LogP contribution in [0.1, 0.15) is 0 Å². The molecule has 1 heterocycles. The van der Waals surface area contributed by atoms with Gasteiger partial charge < -0.3 is 4.55 Å². The van der Waals surface area contributed by atoms with Crippen molar-refractivity contribution in [2.24, 2.45) is 0 Å². The van der Waals surface area contributed by atoms with E-state index in [-0.39, 0.29) is 11.7 Å². The molecule has 1 saturated heterocycles. The van der Waals surface area contributed by atoms with Gasteiger partial charge in [-0.05, 0) is 0 Å². The average Bonchev–Trinajstić information content (AvgIpc) is 2.14. The van der Waals surface area contributed by atoms with Crippen molar-refractivity contribution in [2.45, 2.75) is 4.71 Å². The number of thioether (sulfide) groups is 1. The Morgan fingerprint density at radius 2 is 2.56 bits per heavy atom. The predicted octanol–water partition coefficient (Wildman–Crippen LogP) is -0.645. The van der Waals surface area contributed by atoms with E-state index < -0.39 is 15.8 Å². The van der Waals surface area contributed by atoms with Crippen LogP contribution in [0.3, 0.4) is 0 Å². The highest BCUT2D eigenvalue weighted by molar-refractivity contribution is 8.21. The summed E-state index contributed by atoms with van der Waals surface area (Å²) in [5, 5.41) is 2.49. The predicted molar refractivity (Wildman–Crippen MR) is 35.2 cm³/mol. The Balaban J connectivity index is 2.48. The maximum absolute atomic E-state index is 10.4. The van der Waals surface area contributed by atoms with Gasteiger partial charge >= 0.3 is 0 Å². The van der Waals surface area contributed by atoms with Gasteiger partial charge in [-0.2, -0.15) is 0 Å². The minimum absolute atomic E-state index is 0.0811. The standard InChI is InChI=1S/C3H5NO3S2/c5-2-1-4-3(8-2)9(6)7/h3-4H,1H2,(H,6,7). The molecular formula is C3H5NO3S2. The molecule has 2 atom stereocenters. The normalized spacial score (nSPS) is 30.8. The number of carbonyl (C=O) groups excluding carboxylic acids is 1. The Morgan fingerprint density at radius 3 is 2.78 bits per heavy atom. The maximum atomic E-state index is 10.4. The van der Waals surface area contributed by atoms with Crippen molar-refractivity contribution in [2.75, 3.05) is 6.54 Å². The van der Waals surface area contributed by atoms with Gasteiger partial charge in [-0.25, -0.2) is 4.21 Å². The minimum Gasteiger partial charge on any atom is -0.304 e. The van der Waals surface area contributed by atoms with E-state index in [1.165, 1.54) is 0 Å². The van der Waals surface area contributed by atoms with Crippen LogP contribution in [0.4, 0.5) is 0 Å². The molecule has 0 saturated carbocycles. The molecule has 2 unspecified atom stereocenters. The van der Waals surface area contributed by atoms with E-state index in [0.29, 0.717) is 0 Å². The maximum Gasteiger partial charge on any atom is 0.205 e. The zero-order valence-corrected chi connectivity index (χ0v) is 6.00. The van der Waals surface area contributed by atoms with Gasteiger partial charge in [-0.3, -0.25) is 10.1 Å². The van der Waals surface area contributed by atoms with Crippen molar-refractivity contribution in [3.05, 3.63) is 0 Å². The molecule has 1 aliphatic heterocycles. The second-order valence-corrected chi connectivity index (χ2v) is 3.96. The molecule has 4 nitrogen and oxygen atoms in total. The molecule has 9 heavy (non-hydrogen) atoms. The number of rotatable bonds is 1. The van der Waals surface area contributed by atoms with Gasteiger partial charge in [0, 0.05) is 0 Å². The largest absolute Gasteiger partial charge is 0.304 e. The molecule has 0 radical (unpaired) electrons. The Kier molecular flexibility index (Phi) is 2.23. The molecule has 1 aliphatic rings. The van der Waals surface area contributed by atoms with E-state index in [1.807, 2.05) is 0 Å². The van der Waals surface area contributed by atoms with Crippen molar-refractivity contribution < 1.29 is 13.6 Å². The van der Waals surface area contributed by atoms with Crippen LogP contribution in [-0.4, -0.2) is 25.1 Å². The van der Waals surface area contributed by atoms with Gasteiger partial charge in [0.25, 0.3) is 0 Å². The number of hydrogen-bond acceptors (Lipinski definition) is 4. The van der Waals surface area contributed by atoms with Crippen LogP contribution in [0.2, 0.25) is 0 Å². The lowest BCUT2D eigenvalue weighted by atomic mass is 10.7. The number of carbonyl (C=O) groups is 1. The molecule has 1 rings (SSSR count). The molecule has 6 heteroatoms. The lowest BCUT2D eigenvalue weighted by Gasteiger charge is -1.98. The third kappa shape index (κ3) is 1.75. The summed E-state index contributed by atoms with van der Waals surface area (Å²) in [6.45, 7) is 0.196. The quantitative estimate of drug-likeness (QED) is 0.508. The fourth-order valence-corrected chi connectivity index (χ4v) is 1.93. The molecular weight excluding hydrogens is 162 g/mol. The van der Waals surface area contributed by atoms with Crippen molar-refractivity contribution in [3.8, 4) is 0 Å². The van der Waals surface area contributed by atoms with E-state index in [1.54, 1.807) is 0 Å². The highest BCUT2D eigenvalue weighted by Gasteiger charge is 2.26.